The van der Waals surface area contributed by atoms with Crippen molar-refractivity contribution in [2.45, 2.75) is 17.5 Å². The van der Waals surface area contributed by atoms with Crippen LogP contribution in [0.25, 0.3) is 10.6 Å². The fraction of sp³-hybridized carbons (Fsp3) is 0.150. The number of hydrogen-bond donors (Lipinski definition) is 0. The quantitative estimate of drug-likeness (QED) is 0.365. The van der Waals surface area contributed by atoms with Crippen LogP contribution in [0.2, 0.25) is 5.02 Å². The van der Waals surface area contributed by atoms with E-state index in [0.717, 1.165) is 38.7 Å². The van der Waals surface area contributed by atoms with Gasteiger partial charge in [0.15, 0.2) is 11.0 Å². The van der Waals surface area contributed by atoms with E-state index < -0.39 is 0 Å². The summed E-state index contributed by atoms with van der Waals surface area (Å²) < 4.78 is 7.70. The summed E-state index contributed by atoms with van der Waals surface area (Å²) in [6.45, 7) is 0.348. The van der Waals surface area contributed by atoms with Crippen molar-refractivity contribution in [1.82, 2.24) is 19.7 Å². The molecule has 0 bridgehead atoms. The summed E-state index contributed by atoms with van der Waals surface area (Å²) in [7, 11) is 1.94. The molecule has 0 aliphatic rings. The SMILES string of the molecule is Cn1c(COc2ccc(Cl)cc2)nnc1SCc1csc(-c2ccccc2)n1. The van der Waals surface area contributed by atoms with Gasteiger partial charge < -0.3 is 9.30 Å². The lowest BCUT2D eigenvalue weighted by Gasteiger charge is -2.06. The van der Waals surface area contributed by atoms with Crippen LogP contribution in [0.3, 0.4) is 0 Å². The lowest BCUT2D eigenvalue weighted by atomic mass is 10.2. The minimum atomic E-state index is 0.348. The van der Waals surface area contributed by atoms with Gasteiger partial charge in [-0.25, -0.2) is 4.98 Å². The standard InChI is InChI=1S/C20H17ClN4OS2/c1-25-18(11-26-17-9-7-15(21)8-10-17)23-24-20(25)28-13-16-12-27-19(22-16)14-5-3-2-4-6-14/h2-10,12H,11,13H2,1H3. The highest BCUT2D eigenvalue weighted by Gasteiger charge is 2.12. The van der Waals surface area contributed by atoms with Crippen LogP contribution in [0, 0.1) is 0 Å². The molecule has 4 rings (SSSR count). The van der Waals surface area contributed by atoms with Crippen molar-refractivity contribution in [1.29, 1.82) is 0 Å². The maximum Gasteiger partial charge on any atom is 0.191 e. The second-order valence-electron chi connectivity index (χ2n) is 6.00. The van der Waals surface area contributed by atoms with Crippen molar-refractivity contribution in [2.75, 3.05) is 0 Å². The van der Waals surface area contributed by atoms with Gasteiger partial charge in [0.2, 0.25) is 0 Å². The van der Waals surface area contributed by atoms with E-state index in [1.807, 2.05) is 41.9 Å². The molecule has 28 heavy (non-hydrogen) atoms. The molecule has 2 aromatic heterocycles. The Morgan fingerprint density at radius 1 is 1.07 bits per heavy atom. The molecule has 0 spiro atoms. The number of nitrogens with zero attached hydrogens (tertiary/aromatic N) is 4. The summed E-state index contributed by atoms with van der Waals surface area (Å²) in [5.41, 5.74) is 2.18. The predicted octanol–water partition coefficient (Wildman–Crippen LogP) is 5.46. The van der Waals surface area contributed by atoms with Gasteiger partial charge in [0.25, 0.3) is 0 Å². The van der Waals surface area contributed by atoms with Gasteiger partial charge >= 0.3 is 0 Å². The summed E-state index contributed by atoms with van der Waals surface area (Å²) in [6, 6.07) is 17.5. The molecule has 2 heterocycles. The molecule has 0 unspecified atom stereocenters. The zero-order chi connectivity index (χ0) is 19.3. The third-order valence-electron chi connectivity index (χ3n) is 4.03. The molecule has 142 valence electrons. The van der Waals surface area contributed by atoms with Gasteiger partial charge in [0.1, 0.15) is 17.4 Å². The number of hydrogen-bond acceptors (Lipinski definition) is 6. The topological polar surface area (TPSA) is 52.8 Å². The van der Waals surface area contributed by atoms with Gasteiger partial charge in [0.05, 0.1) is 5.69 Å². The largest absolute Gasteiger partial charge is 0.486 e. The molecule has 0 saturated heterocycles. The number of ether oxygens (including phenoxy) is 1. The average Bonchev–Trinajstić information content (AvgIpc) is 3.34. The Bertz CT molecular complexity index is 1050. The molecule has 0 fully saturated rings. The number of thiazole rings is 1. The Hall–Kier alpha value is -2.35. The first-order valence-electron chi connectivity index (χ1n) is 8.58. The number of aromatic nitrogens is 4. The van der Waals surface area contributed by atoms with Crippen molar-refractivity contribution in [3.05, 3.63) is 76.5 Å². The van der Waals surface area contributed by atoms with Crippen LogP contribution in [-0.2, 0) is 19.4 Å². The third-order valence-corrected chi connectivity index (χ3v) is 6.27. The van der Waals surface area contributed by atoms with Crippen molar-refractivity contribution in [3.8, 4) is 16.3 Å². The first-order chi connectivity index (χ1) is 13.7. The second-order valence-corrected chi connectivity index (χ2v) is 8.24. The lowest BCUT2D eigenvalue weighted by Crippen LogP contribution is -2.04. The zero-order valence-electron chi connectivity index (χ0n) is 15.1. The summed E-state index contributed by atoms with van der Waals surface area (Å²) in [6.07, 6.45) is 0. The maximum atomic E-state index is 5.89. The van der Waals surface area contributed by atoms with Crippen LogP contribution < -0.4 is 4.74 Å². The van der Waals surface area contributed by atoms with Gasteiger partial charge in [-0.2, -0.15) is 0 Å². The molecular formula is C20H17ClN4OS2. The van der Waals surface area contributed by atoms with Crippen LogP contribution in [-0.4, -0.2) is 19.7 Å². The van der Waals surface area contributed by atoms with Crippen LogP contribution in [0.15, 0.2) is 65.1 Å². The fourth-order valence-electron chi connectivity index (χ4n) is 2.50. The second kappa shape index (κ2) is 8.77. The molecule has 0 aliphatic heterocycles. The van der Waals surface area contributed by atoms with E-state index in [9.17, 15) is 0 Å². The zero-order valence-corrected chi connectivity index (χ0v) is 17.5. The highest BCUT2D eigenvalue weighted by molar-refractivity contribution is 7.98. The van der Waals surface area contributed by atoms with E-state index in [2.05, 4.69) is 27.7 Å². The molecule has 0 atom stereocenters. The van der Waals surface area contributed by atoms with E-state index >= 15 is 0 Å². The van der Waals surface area contributed by atoms with E-state index in [0.29, 0.717) is 11.6 Å². The molecule has 2 aromatic carbocycles. The van der Waals surface area contributed by atoms with Gasteiger partial charge in [-0.15, -0.1) is 21.5 Å². The van der Waals surface area contributed by atoms with Gasteiger partial charge in [0, 0.05) is 28.8 Å². The van der Waals surface area contributed by atoms with Crippen LogP contribution >= 0.6 is 34.7 Å². The predicted molar refractivity (Wildman–Crippen MR) is 114 cm³/mol. The Kier molecular flexibility index (Phi) is 5.95. The number of halogens is 1. The highest BCUT2D eigenvalue weighted by Crippen LogP contribution is 2.27. The van der Waals surface area contributed by atoms with Crippen molar-refractivity contribution >= 4 is 34.7 Å². The van der Waals surface area contributed by atoms with Gasteiger partial charge in [-0.3, -0.25) is 0 Å². The van der Waals surface area contributed by atoms with E-state index in [4.69, 9.17) is 21.3 Å². The van der Waals surface area contributed by atoms with E-state index in [-0.39, 0.29) is 0 Å². The first kappa shape index (κ1) is 19.0. The lowest BCUT2D eigenvalue weighted by molar-refractivity contribution is 0.290. The number of benzene rings is 2. The Morgan fingerprint density at radius 3 is 2.64 bits per heavy atom. The minimum absolute atomic E-state index is 0.348. The maximum absolute atomic E-state index is 5.89. The summed E-state index contributed by atoms with van der Waals surface area (Å²) in [5, 5.41) is 13.2. The fourth-order valence-corrected chi connectivity index (χ4v) is 4.38. The van der Waals surface area contributed by atoms with Crippen molar-refractivity contribution in [2.24, 2.45) is 7.05 Å². The summed E-state index contributed by atoms with van der Waals surface area (Å²) in [4.78, 5) is 4.72. The van der Waals surface area contributed by atoms with E-state index in [1.54, 1.807) is 35.2 Å². The first-order valence-corrected chi connectivity index (χ1v) is 10.8. The Labute approximate surface area is 176 Å². The highest BCUT2D eigenvalue weighted by atomic mass is 35.5. The van der Waals surface area contributed by atoms with Crippen LogP contribution in [0.1, 0.15) is 11.5 Å². The van der Waals surface area contributed by atoms with Crippen LogP contribution in [0.4, 0.5) is 0 Å². The van der Waals surface area contributed by atoms with Gasteiger partial charge in [-0.1, -0.05) is 53.7 Å². The minimum Gasteiger partial charge on any atom is -0.486 e. The summed E-state index contributed by atoms with van der Waals surface area (Å²) >= 11 is 9.16. The molecule has 5 nitrogen and oxygen atoms in total. The normalized spacial score (nSPS) is 10.9. The van der Waals surface area contributed by atoms with Crippen molar-refractivity contribution < 1.29 is 4.74 Å². The average molecular weight is 429 g/mol. The molecular weight excluding hydrogens is 412 g/mol. The molecule has 0 saturated carbocycles. The van der Waals surface area contributed by atoms with Gasteiger partial charge in [-0.05, 0) is 24.3 Å². The molecule has 0 N–H and O–H groups in total. The Balaban J connectivity index is 1.36. The van der Waals surface area contributed by atoms with Crippen molar-refractivity contribution in [3.63, 3.8) is 0 Å². The number of thioether (sulfide) groups is 1. The smallest absolute Gasteiger partial charge is 0.191 e. The molecule has 8 heteroatoms. The molecule has 0 aliphatic carbocycles. The molecule has 0 radical (unpaired) electrons. The third kappa shape index (κ3) is 4.55. The molecule has 4 aromatic rings. The number of rotatable bonds is 7. The monoisotopic (exact) mass is 428 g/mol. The molecule has 0 amide bonds. The van der Waals surface area contributed by atoms with E-state index in [1.165, 1.54) is 0 Å². The Morgan fingerprint density at radius 2 is 1.86 bits per heavy atom. The van der Waals surface area contributed by atoms with Crippen LogP contribution in [0.5, 0.6) is 5.75 Å². The summed E-state index contributed by atoms with van der Waals surface area (Å²) in [5.74, 6) is 2.26.